The van der Waals surface area contributed by atoms with E-state index in [2.05, 4.69) is 6.58 Å². The first-order chi connectivity index (χ1) is 6.53. The largest absolute Gasteiger partial charge is 0.455 e. The van der Waals surface area contributed by atoms with Crippen LogP contribution in [-0.2, 0) is 18.4 Å². The first kappa shape index (κ1) is 13.3. The number of esters is 1. The van der Waals surface area contributed by atoms with Gasteiger partial charge in [0.25, 0.3) is 0 Å². The van der Waals surface area contributed by atoms with E-state index in [4.69, 9.17) is 13.6 Å². The fourth-order valence-corrected chi connectivity index (χ4v) is 2.89. The Morgan fingerprint density at radius 2 is 2.00 bits per heavy atom. The number of carbonyl (C=O) groups excluding carboxylic acids is 1. The van der Waals surface area contributed by atoms with Gasteiger partial charge in [0.2, 0.25) is 0 Å². The van der Waals surface area contributed by atoms with Crippen LogP contribution in [0, 0.1) is 0 Å². The van der Waals surface area contributed by atoms with Crippen molar-refractivity contribution in [2.45, 2.75) is 25.5 Å². The van der Waals surface area contributed by atoms with Crippen LogP contribution in [0.1, 0.15) is 20.3 Å². The molecule has 14 heavy (non-hydrogen) atoms. The third kappa shape index (κ3) is 3.25. The molecule has 0 heterocycles. The molecule has 0 aromatic rings. The summed E-state index contributed by atoms with van der Waals surface area (Å²) in [4.78, 5) is 11.1. The Balaban J connectivity index is 4.58. The molecule has 0 N–H and O–H groups in total. The van der Waals surface area contributed by atoms with Gasteiger partial charge in [-0.25, -0.2) is 4.79 Å². The summed E-state index contributed by atoms with van der Waals surface area (Å²) in [5, 5.41) is -0.644. The number of hydrogen-bond donors (Lipinski definition) is 0. The van der Waals surface area contributed by atoms with Gasteiger partial charge in [0.15, 0.2) is 0 Å². The molecule has 5 heteroatoms. The van der Waals surface area contributed by atoms with Crippen molar-refractivity contribution in [3.05, 3.63) is 12.7 Å². The highest BCUT2D eigenvalue weighted by atomic mass is 28.3. The molecule has 0 aliphatic heterocycles. The van der Waals surface area contributed by atoms with E-state index >= 15 is 0 Å². The second-order valence-electron chi connectivity index (χ2n) is 3.09. The Hall–Kier alpha value is -0.653. The molecule has 0 aliphatic carbocycles. The highest BCUT2D eigenvalue weighted by Crippen LogP contribution is 2.20. The van der Waals surface area contributed by atoms with Crippen LogP contribution in [0.4, 0.5) is 0 Å². The molecule has 1 atom stereocenters. The second-order valence-corrected chi connectivity index (χ2v) is 5.92. The van der Waals surface area contributed by atoms with Crippen LogP contribution in [0.25, 0.3) is 0 Å². The van der Waals surface area contributed by atoms with E-state index in [0.717, 1.165) is 6.08 Å². The first-order valence-electron chi connectivity index (χ1n) is 4.45. The normalized spacial score (nSPS) is 14.9. The molecule has 0 bridgehead atoms. The van der Waals surface area contributed by atoms with Crippen molar-refractivity contribution < 1.29 is 18.4 Å². The van der Waals surface area contributed by atoms with Gasteiger partial charge in [-0.1, -0.05) is 13.5 Å². The van der Waals surface area contributed by atoms with E-state index in [-0.39, 0.29) is 0 Å². The summed E-state index contributed by atoms with van der Waals surface area (Å²) in [7, 11) is 1.15. The number of rotatable bonds is 6. The molecule has 0 aromatic heterocycles. The van der Waals surface area contributed by atoms with E-state index in [1.54, 1.807) is 14.2 Å². The minimum Gasteiger partial charge on any atom is -0.455 e. The minimum absolute atomic E-state index is 0.444. The summed E-state index contributed by atoms with van der Waals surface area (Å²) in [6.45, 7) is 7.09. The molecule has 82 valence electrons. The van der Waals surface area contributed by atoms with Gasteiger partial charge in [-0.05, 0) is 13.3 Å². The smallest absolute Gasteiger partial charge is 0.366 e. The Morgan fingerprint density at radius 1 is 1.50 bits per heavy atom. The van der Waals surface area contributed by atoms with Gasteiger partial charge in [-0.15, -0.1) is 0 Å². The Bertz CT molecular complexity index is 203. The van der Waals surface area contributed by atoms with Crippen LogP contribution in [-0.4, -0.2) is 34.7 Å². The average molecular weight is 218 g/mol. The summed E-state index contributed by atoms with van der Waals surface area (Å²) in [5.74, 6) is -0.444. The highest BCUT2D eigenvalue weighted by Gasteiger charge is 2.39. The Labute approximate surface area is 86.7 Å². The fourth-order valence-electron chi connectivity index (χ4n) is 1.15. The van der Waals surface area contributed by atoms with Crippen LogP contribution >= 0.6 is 0 Å². The van der Waals surface area contributed by atoms with Crippen LogP contribution in [0.2, 0.25) is 0 Å². The molecule has 0 aliphatic rings. The topological polar surface area (TPSA) is 44.8 Å². The third-order valence-electron chi connectivity index (χ3n) is 2.13. The first-order valence-corrected chi connectivity index (χ1v) is 5.97. The maximum Gasteiger partial charge on any atom is 0.366 e. The van der Waals surface area contributed by atoms with E-state index in [1.807, 2.05) is 13.8 Å². The zero-order chi connectivity index (χ0) is 11.2. The predicted octanol–water partition coefficient (Wildman–Crippen LogP) is 0.937. The zero-order valence-corrected chi connectivity index (χ0v) is 10.4. The van der Waals surface area contributed by atoms with Crippen LogP contribution in [0.3, 0.4) is 0 Å². The van der Waals surface area contributed by atoms with E-state index in [0.29, 0.717) is 6.42 Å². The molecule has 1 unspecified atom stereocenters. The molecule has 0 saturated heterocycles. The maximum absolute atomic E-state index is 11.1. The summed E-state index contributed by atoms with van der Waals surface area (Å²) in [5.41, 5.74) is 0. The summed E-state index contributed by atoms with van der Waals surface area (Å²) in [6, 6.07) is 0. The van der Waals surface area contributed by atoms with Crippen LogP contribution < -0.4 is 0 Å². The van der Waals surface area contributed by atoms with Crippen molar-refractivity contribution >= 4 is 15.3 Å². The second kappa shape index (κ2) is 5.95. The van der Waals surface area contributed by atoms with Crippen molar-refractivity contribution in [2.75, 3.05) is 14.2 Å². The highest BCUT2D eigenvalue weighted by molar-refractivity contribution is 6.48. The monoisotopic (exact) mass is 218 g/mol. The summed E-state index contributed by atoms with van der Waals surface area (Å²) in [6.07, 6.45) is 1.80. The van der Waals surface area contributed by atoms with Gasteiger partial charge in [0.1, 0.15) is 5.22 Å². The van der Waals surface area contributed by atoms with Crippen molar-refractivity contribution in [1.29, 1.82) is 0 Å². The van der Waals surface area contributed by atoms with Crippen LogP contribution in [0.5, 0.6) is 0 Å². The lowest BCUT2D eigenvalue weighted by Crippen LogP contribution is -2.49. The molecular formula is C9H18O4Si. The lowest BCUT2D eigenvalue weighted by molar-refractivity contribution is -0.147. The molecule has 0 radical (unpaired) electrons. The zero-order valence-electron chi connectivity index (χ0n) is 9.20. The standard InChI is InChI=1S/C9H18O4Si/c1-6-8(10)13-9(3,7-2)14(11-4)12-5/h6,14H,1,7H2,2-5H3. The average Bonchev–Trinajstić information content (AvgIpc) is 2.19. The van der Waals surface area contributed by atoms with Crippen molar-refractivity contribution in [1.82, 2.24) is 0 Å². The summed E-state index contributed by atoms with van der Waals surface area (Å²) >= 11 is 0. The molecule has 0 amide bonds. The SMILES string of the molecule is C=CC(=O)OC(C)(CC)[SiH](OC)OC. The lowest BCUT2D eigenvalue weighted by atomic mass is 10.3. The van der Waals surface area contributed by atoms with Gasteiger partial charge in [0.05, 0.1) is 0 Å². The molecule has 0 aromatic carbocycles. The summed E-state index contributed by atoms with van der Waals surface area (Å²) < 4.78 is 15.6. The van der Waals surface area contributed by atoms with Crippen LogP contribution in [0.15, 0.2) is 12.7 Å². The molecule has 0 fully saturated rings. The van der Waals surface area contributed by atoms with Crippen molar-refractivity contribution in [3.8, 4) is 0 Å². The van der Waals surface area contributed by atoms with Crippen molar-refractivity contribution in [3.63, 3.8) is 0 Å². The van der Waals surface area contributed by atoms with E-state index in [1.165, 1.54) is 0 Å². The Kier molecular flexibility index (Phi) is 5.67. The van der Waals surface area contributed by atoms with E-state index in [9.17, 15) is 4.79 Å². The molecule has 4 nitrogen and oxygen atoms in total. The molecular weight excluding hydrogens is 200 g/mol. The number of carbonyl (C=O) groups is 1. The number of hydrogen-bond acceptors (Lipinski definition) is 4. The predicted molar refractivity (Wildman–Crippen MR) is 56.2 cm³/mol. The van der Waals surface area contributed by atoms with Gasteiger partial charge in [-0.3, -0.25) is 0 Å². The fraction of sp³-hybridized carbons (Fsp3) is 0.667. The van der Waals surface area contributed by atoms with Gasteiger partial charge in [-0.2, -0.15) is 0 Å². The maximum atomic E-state index is 11.1. The van der Waals surface area contributed by atoms with E-state index < -0.39 is 20.5 Å². The van der Waals surface area contributed by atoms with Crippen molar-refractivity contribution in [2.24, 2.45) is 0 Å². The minimum atomic E-state index is -1.98. The quantitative estimate of drug-likeness (QED) is 0.378. The molecule has 0 saturated carbocycles. The van der Waals surface area contributed by atoms with Gasteiger partial charge < -0.3 is 13.6 Å². The third-order valence-corrected chi connectivity index (χ3v) is 4.51. The Morgan fingerprint density at radius 3 is 2.29 bits per heavy atom. The number of ether oxygens (including phenoxy) is 1. The molecule has 0 rings (SSSR count). The van der Waals surface area contributed by atoms with Gasteiger partial charge >= 0.3 is 15.3 Å². The molecule has 0 spiro atoms. The van der Waals surface area contributed by atoms with Gasteiger partial charge in [0, 0.05) is 20.3 Å². The lowest BCUT2D eigenvalue weighted by Gasteiger charge is -2.31.